The van der Waals surface area contributed by atoms with Gasteiger partial charge in [0.05, 0.1) is 0 Å². The summed E-state index contributed by atoms with van der Waals surface area (Å²) >= 11 is 5.94. The van der Waals surface area contributed by atoms with Crippen molar-refractivity contribution >= 4 is 17.7 Å². The lowest BCUT2D eigenvalue weighted by Crippen LogP contribution is -1.85. The molecule has 0 radical (unpaired) electrons. The van der Waals surface area contributed by atoms with E-state index in [1.165, 1.54) is 0 Å². The lowest BCUT2D eigenvalue weighted by atomic mass is 10.0. The monoisotopic (exact) mass is 216 g/mol. The Morgan fingerprint density at radius 2 is 1.80 bits per heavy atom. The first-order valence-electron chi connectivity index (χ1n) is 4.37. The highest BCUT2D eigenvalue weighted by Crippen LogP contribution is 2.22. The molecule has 0 aliphatic rings. The smallest absolute Gasteiger partial charge is 0.130 e. The molecule has 0 saturated carbocycles. The van der Waals surface area contributed by atoms with Crippen molar-refractivity contribution in [2.75, 3.05) is 0 Å². The molecule has 0 fully saturated rings. The number of rotatable bonds is 1. The van der Waals surface area contributed by atoms with Gasteiger partial charge in [0.25, 0.3) is 0 Å². The van der Waals surface area contributed by atoms with E-state index in [2.05, 4.69) is 0 Å². The van der Waals surface area contributed by atoms with Crippen molar-refractivity contribution in [1.29, 1.82) is 10.5 Å². The minimum absolute atomic E-state index is 0.0971. The first kappa shape index (κ1) is 11.3. The van der Waals surface area contributed by atoms with Crippen molar-refractivity contribution in [3.8, 4) is 12.1 Å². The maximum Gasteiger partial charge on any atom is 0.130 e. The number of aryl methyl sites for hydroxylation is 2. The zero-order chi connectivity index (χ0) is 11.4. The van der Waals surface area contributed by atoms with Crippen LogP contribution >= 0.6 is 11.6 Å². The SMILES string of the molecule is Cc1cc(C=C(C#N)C#N)c(C)cc1Cl. The van der Waals surface area contributed by atoms with E-state index in [1.54, 1.807) is 6.08 Å². The Balaban J connectivity index is 3.30. The molecule has 1 aromatic carbocycles. The largest absolute Gasteiger partial charge is 0.192 e. The first-order chi connectivity index (χ1) is 7.08. The Labute approximate surface area is 94.0 Å². The van der Waals surface area contributed by atoms with Crippen LogP contribution in [-0.2, 0) is 0 Å². The molecule has 74 valence electrons. The molecule has 1 aromatic rings. The van der Waals surface area contributed by atoms with Crippen LogP contribution in [0.2, 0.25) is 5.02 Å². The molecule has 0 aliphatic carbocycles. The van der Waals surface area contributed by atoms with Crippen molar-refractivity contribution in [3.05, 3.63) is 39.4 Å². The van der Waals surface area contributed by atoms with Gasteiger partial charge >= 0.3 is 0 Å². The fourth-order valence-corrected chi connectivity index (χ4v) is 1.42. The summed E-state index contributed by atoms with van der Waals surface area (Å²) in [6, 6.07) is 7.35. The standard InChI is InChI=1S/C12H9ClN2/c1-8-4-12(13)9(2)3-11(8)5-10(6-14)7-15/h3-5H,1-2H3. The van der Waals surface area contributed by atoms with Gasteiger partial charge in [-0.25, -0.2) is 0 Å². The van der Waals surface area contributed by atoms with Crippen LogP contribution in [0, 0.1) is 36.5 Å². The minimum Gasteiger partial charge on any atom is -0.192 e. The summed E-state index contributed by atoms with van der Waals surface area (Å²) in [4.78, 5) is 0. The molecule has 0 atom stereocenters. The van der Waals surface area contributed by atoms with Gasteiger partial charge in [0, 0.05) is 5.02 Å². The Hall–Kier alpha value is -1.77. The topological polar surface area (TPSA) is 47.6 Å². The van der Waals surface area contributed by atoms with Crippen LogP contribution in [0.3, 0.4) is 0 Å². The van der Waals surface area contributed by atoms with Gasteiger partial charge in [0.2, 0.25) is 0 Å². The zero-order valence-corrected chi connectivity index (χ0v) is 9.26. The maximum absolute atomic E-state index is 8.64. The quantitative estimate of drug-likeness (QED) is 0.676. The van der Waals surface area contributed by atoms with Crippen LogP contribution in [0.15, 0.2) is 17.7 Å². The molecular weight excluding hydrogens is 208 g/mol. The third-order valence-electron chi connectivity index (χ3n) is 2.09. The first-order valence-corrected chi connectivity index (χ1v) is 4.75. The number of nitrogens with zero attached hydrogens (tertiary/aromatic N) is 2. The van der Waals surface area contributed by atoms with E-state index in [9.17, 15) is 0 Å². The highest BCUT2D eigenvalue weighted by atomic mass is 35.5. The van der Waals surface area contributed by atoms with E-state index in [0.29, 0.717) is 5.02 Å². The average Bonchev–Trinajstić information content (AvgIpc) is 2.21. The predicted molar refractivity (Wildman–Crippen MR) is 60.1 cm³/mol. The maximum atomic E-state index is 8.64. The number of nitriles is 2. The van der Waals surface area contributed by atoms with Gasteiger partial charge in [-0.05, 0) is 42.7 Å². The number of halogens is 1. The van der Waals surface area contributed by atoms with Gasteiger partial charge in [-0.3, -0.25) is 0 Å². The summed E-state index contributed by atoms with van der Waals surface area (Å²) < 4.78 is 0. The Morgan fingerprint density at radius 3 is 2.33 bits per heavy atom. The van der Waals surface area contributed by atoms with Crippen LogP contribution in [0.4, 0.5) is 0 Å². The second-order valence-corrected chi connectivity index (χ2v) is 3.65. The lowest BCUT2D eigenvalue weighted by molar-refractivity contribution is 1.37. The van der Waals surface area contributed by atoms with E-state index < -0.39 is 0 Å². The van der Waals surface area contributed by atoms with E-state index in [0.717, 1.165) is 16.7 Å². The summed E-state index contributed by atoms with van der Waals surface area (Å²) in [7, 11) is 0. The number of hydrogen-bond donors (Lipinski definition) is 0. The fourth-order valence-electron chi connectivity index (χ4n) is 1.20. The van der Waals surface area contributed by atoms with Gasteiger partial charge in [-0.15, -0.1) is 0 Å². The van der Waals surface area contributed by atoms with Gasteiger partial charge < -0.3 is 0 Å². The minimum atomic E-state index is 0.0971. The summed E-state index contributed by atoms with van der Waals surface area (Å²) in [6.45, 7) is 3.78. The fraction of sp³-hybridized carbons (Fsp3) is 0.167. The third kappa shape index (κ3) is 2.59. The molecule has 15 heavy (non-hydrogen) atoms. The molecule has 0 saturated heterocycles. The highest BCUT2D eigenvalue weighted by Gasteiger charge is 2.02. The van der Waals surface area contributed by atoms with E-state index >= 15 is 0 Å². The Kier molecular flexibility index (Phi) is 3.50. The van der Waals surface area contributed by atoms with Gasteiger partial charge in [-0.2, -0.15) is 10.5 Å². The molecule has 0 heterocycles. The van der Waals surface area contributed by atoms with Crippen LogP contribution in [0.25, 0.3) is 6.08 Å². The Bertz CT molecular complexity index is 486. The molecular formula is C12H9ClN2. The number of allylic oxidation sites excluding steroid dienone is 1. The second kappa shape index (κ2) is 4.64. The van der Waals surface area contributed by atoms with Gasteiger partial charge in [0.15, 0.2) is 0 Å². The predicted octanol–water partition coefficient (Wildman–Crippen LogP) is 3.39. The molecule has 0 aromatic heterocycles. The van der Waals surface area contributed by atoms with Gasteiger partial charge in [-0.1, -0.05) is 17.7 Å². The zero-order valence-electron chi connectivity index (χ0n) is 8.50. The summed E-state index contributed by atoms with van der Waals surface area (Å²) in [5.74, 6) is 0. The molecule has 3 heteroatoms. The third-order valence-corrected chi connectivity index (χ3v) is 2.50. The molecule has 0 aliphatic heterocycles. The molecule has 1 rings (SSSR count). The average molecular weight is 217 g/mol. The lowest BCUT2D eigenvalue weighted by Gasteiger charge is -2.04. The number of benzene rings is 1. The van der Waals surface area contributed by atoms with Crippen LogP contribution < -0.4 is 0 Å². The normalized spacial score (nSPS) is 8.87. The number of hydrogen-bond acceptors (Lipinski definition) is 2. The Morgan fingerprint density at radius 1 is 1.20 bits per heavy atom. The molecule has 0 bridgehead atoms. The van der Waals surface area contributed by atoms with Crippen LogP contribution in [0.1, 0.15) is 16.7 Å². The van der Waals surface area contributed by atoms with Crippen molar-refractivity contribution in [2.24, 2.45) is 0 Å². The molecule has 2 nitrogen and oxygen atoms in total. The summed E-state index contributed by atoms with van der Waals surface area (Å²) in [5, 5.41) is 18.0. The molecule has 0 spiro atoms. The molecule has 0 unspecified atom stereocenters. The molecule has 0 N–H and O–H groups in total. The molecule has 0 amide bonds. The highest BCUT2D eigenvalue weighted by molar-refractivity contribution is 6.31. The summed E-state index contributed by atoms with van der Waals surface area (Å²) in [6.07, 6.45) is 1.57. The van der Waals surface area contributed by atoms with E-state index in [-0.39, 0.29) is 5.57 Å². The van der Waals surface area contributed by atoms with Crippen molar-refractivity contribution in [3.63, 3.8) is 0 Å². The van der Waals surface area contributed by atoms with Crippen LogP contribution in [-0.4, -0.2) is 0 Å². The van der Waals surface area contributed by atoms with E-state index in [1.807, 2.05) is 38.1 Å². The van der Waals surface area contributed by atoms with Gasteiger partial charge in [0.1, 0.15) is 17.7 Å². The van der Waals surface area contributed by atoms with Crippen molar-refractivity contribution < 1.29 is 0 Å². The summed E-state index contributed by atoms with van der Waals surface area (Å²) in [5.41, 5.74) is 2.84. The van der Waals surface area contributed by atoms with Crippen LogP contribution in [0.5, 0.6) is 0 Å². The van der Waals surface area contributed by atoms with E-state index in [4.69, 9.17) is 22.1 Å². The second-order valence-electron chi connectivity index (χ2n) is 3.24. The van der Waals surface area contributed by atoms with Crippen molar-refractivity contribution in [2.45, 2.75) is 13.8 Å². The van der Waals surface area contributed by atoms with Crippen molar-refractivity contribution in [1.82, 2.24) is 0 Å².